The molecule has 0 amide bonds. The summed E-state index contributed by atoms with van der Waals surface area (Å²) in [6.45, 7) is 12.7. The van der Waals surface area contributed by atoms with Crippen LogP contribution in [0.25, 0.3) is 10.9 Å². The first kappa shape index (κ1) is 21.5. The molecule has 0 spiro atoms. The van der Waals surface area contributed by atoms with Crippen molar-refractivity contribution in [3.05, 3.63) is 53.7 Å². The number of fused-ring (bicyclic) bond motifs is 1. The minimum Gasteiger partial charge on any atom is -0.508 e. The second kappa shape index (κ2) is 9.95. The number of hydrogen-bond donors (Lipinski definition) is 3. The van der Waals surface area contributed by atoms with Crippen LogP contribution in [0.15, 0.2) is 42.5 Å². The molecule has 0 aliphatic rings. The molecule has 0 saturated heterocycles. The van der Waals surface area contributed by atoms with Gasteiger partial charge in [-0.25, -0.2) is 0 Å². The van der Waals surface area contributed by atoms with Crippen molar-refractivity contribution in [2.75, 3.05) is 18.4 Å². The van der Waals surface area contributed by atoms with Gasteiger partial charge >= 0.3 is 0 Å². The number of pyridine rings is 1. The molecule has 0 fully saturated rings. The summed E-state index contributed by atoms with van der Waals surface area (Å²) in [5.74, 6) is 0.510. The van der Waals surface area contributed by atoms with Crippen LogP contribution >= 0.6 is 0 Å². The van der Waals surface area contributed by atoms with Crippen LogP contribution in [0.3, 0.4) is 0 Å². The summed E-state index contributed by atoms with van der Waals surface area (Å²) >= 11 is 0. The van der Waals surface area contributed by atoms with Gasteiger partial charge in [0.05, 0.1) is 5.52 Å². The maximum Gasteiger partial charge on any atom is 0.120 e. The van der Waals surface area contributed by atoms with E-state index >= 15 is 0 Å². The van der Waals surface area contributed by atoms with Crippen molar-refractivity contribution in [1.82, 2.24) is 9.88 Å². The summed E-state index contributed by atoms with van der Waals surface area (Å²) in [4.78, 5) is 6.74. The van der Waals surface area contributed by atoms with Crippen LogP contribution in [0.4, 0.5) is 11.4 Å². The summed E-state index contributed by atoms with van der Waals surface area (Å²) in [5, 5.41) is 24.3. The van der Waals surface area contributed by atoms with Crippen LogP contribution in [0, 0.1) is 6.92 Å². The van der Waals surface area contributed by atoms with E-state index in [1.807, 2.05) is 45.0 Å². The molecule has 5 heteroatoms. The lowest BCUT2D eigenvalue weighted by Crippen LogP contribution is -2.22. The number of benzene rings is 2. The molecule has 0 aliphatic carbocycles. The predicted octanol–water partition coefficient (Wildman–Crippen LogP) is 5.57. The Bertz CT molecular complexity index is 916. The summed E-state index contributed by atoms with van der Waals surface area (Å²) in [6, 6.07) is 12.7. The topological polar surface area (TPSA) is 68.6 Å². The number of rotatable bonds is 6. The van der Waals surface area contributed by atoms with Crippen molar-refractivity contribution in [2.45, 2.75) is 41.2 Å². The van der Waals surface area contributed by atoms with Crippen LogP contribution in [0.2, 0.25) is 0 Å². The van der Waals surface area contributed by atoms with E-state index in [0.717, 1.165) is 46.6 Å². The van der Waals surface area contributed by atoms with E-state index in [2.05, 4.69) is 29.0 Å². The number of phenols is 2. The Balaban J connectivity index is 0.00000136. The quantitative estimate of drug-likeness (QED) is 0.487. The fourth-order valence-corrected chi connectivity index (χ4v) is 3.09. The van der Waals surface area contributed by atoms with Crippen molar-refractivity contribution in [3.63, 3.8) is 0 Å². The van der Waals surface area contributed by atoms with Crippen LogP contribution in [0.1, 0.15) is 39.0 Å². The van der Waals surface area contributed by atoms with E-state index in [4.69, 9.17) is 0 Å². The third-order valence-corrected chi connectivity index (χ3v) is 4.57. The van der Waals surface area contributed by atoms with Crippen molar-refractivity contribution in [1.29, 1.82) is 0 Å². The Hall–Kier alpha value is -2.79. The standard InChI is InChI=1S/C21H25N3O2.C2H6/c1-4-24(5-2)13-15-11-16(6-9-21(15)26)23-19-10-14(3)22-20-12-17(25)7-8-18(19)20;1-2/h6-12,25-26H,4-5,13H2,1-3H3,(H,22,23);1-2H3. The highest BCUT2D eigenvalue weighted by atomic mass is 16.3. The molecule has 5 nitrogen and oxygen atoms in total. The van der Waals surface area contributed by atoms with Gasteiger partial charge in [-0.2, -0.15) is 0 Å². The maximum absolute atomic E-state index is 10.2. The van der Waals surface area contributed by atoms with Gasteiger partial charge in [0.1, 0.15) is 11.5 Å². The number of hydrogen-bond acceptors (Lipinski definition) is 5. The summed E-state index contributed by atoms with van der Waals surface area (Å²) in [7, 11) is 0. The lowest BCUT2D eigenvalue weighted by atomic mass is 10.1. The summed E-state index contributed by atoms with van der Waals surface area (Å²) < 4.78 is 0. The van der Waals surface area contributed by atoms with Gasteiger partial charge < -0.3 is 15.5 Å². The highest BCUT2D eigenvalue weighted by molar-refractivity contribution is 5.94. The zero-order chi connectivity index (χ0) is 20.7. The van der Waals surface area contributed by atoms with Gasteiger partial charge in [0.15, 0.2) is 0 Å². The van der Waals surface area contributed by atoms with Gasteiger partial charge in [0.25, 0.3) is 0 Å². The molecule has 3 rings (SSSR count). The molecule has 28 heavy (non-hydrogen) atoms. The average Bonchev–Trinajstić information content (AvgIpc) is 2.69. The molecular formula is C23H31N3O2. The largest absolute Gasteiger partial charge is 0.508 e. The third-order valence-electron chi connectivity index (χ3n) is 4.57. The van der Waals surface area contributed by atoms with Gasteiger partial charge in [-0.15, -0.1) is 0 Å². The van der Waals surface area contributed by atoms with Gasteiger partial charge in [-0.05, 0) is 56.4 Å². The first-order chi connectivity index (χ1) is 13.5. The number of aromatic nitrogens is 1. The molecule has 2 aromatic carbocycles. The SMILES string of the molecule is CC.CCN(CC)Cc1cc(Nc2cc(C)nc3cc(O)ccc23)ccc1O. The monoisotopic (exact) mass is 381 g/mol. The van der Waals surface area contributed by atoms with Gasteiger partial charge in [0.2, 0.25) is 0 Å². The van der Waals surface area contributed by atoms with Gasteiger partial charge in [0, 0.05) is 40.6 Å². The maximum atomic E-state index is 10.2. The highest BCUT2D eigenvalue weighted by Gasteiger charge is 2.09. The molecule has 1 heterocycles. The number of aromatic hydroxyl groups is 2. The average molecular weight is 382 g/mol. The van der Waals surface area contributed by atoms with E-state index < -0.39 is 0 Å². The number of nitrogens with one attached hydrogen (secondary N) is 1. The van der Waals surface area contributed by atoms with E-state index in [1.165, 1.54) is 0 Å². The van der Waals surface area contributed by atoms with Crippen LogP contribution < -0.4 is 5.32 Å². The Morgan fingerprint density at radius 2 is 1.68 bits per heavy atom. The lowest BCUT2D eigenvalue weighted by Gasteiger charge is -2.19. The second-order valence-corrected chi connectivity index (χ2v) is 6.44. The molecule has 3 aromatic rings. The first-order valence-electron chi connectivity index (χ1n) is 9.91. The molecule has 0 aliphatic heterocycles. The molecule has 0 radical (unpaired) electrons. The fourth-order valence-electron chi connectivity index (χ4n) is 3.09. The van der Waals surface area contributed by atoms with Crippen molar-refractivity contribution in [2.24, 2.45) is 0 Å². The normalized spacial score (nSPS) is 10.6. The lowest BCUT2D eigenvalue weighted by molar-refractivity contribution is 0.291. The number of anilines is 2. The molecule has 0 atom stereocenters. The van der Waals surface area contributed by atoms with Crippen molar-refractivity contribution in [3.8, 4) is 11.5 Å². The predicted molar refractivity (Wildman–Crippen MR) is 118 cm³/mol. The molecule has 150 valence electrons. The Labute approximate surface area is 167 Å². The van der Waals surface area contributed by atoms with Crippen LogP contribution in [0.5, 0.6) is 11.5 Å². The second-order valence-electron chi connectivity index (χ2n) is 6.44. The number of nitrogens with zero attached hydrogens (tertiary/aromatic N) is 2. The Morgan fingerprint density at radius 3 is 2.36 bits per heavy atom. The molecule has 3 N–H and O–H groups in total. The zero-order valence-electron chi connectivity index (χ0n) is 17.5. The zero-order valence-corrected chi connectivity index (χ0v) is 17.5. The Kier molecular flexibility index (Phi) is 7.64. The first-order valence-corrected chi connectivity index (χ1v) is 9.91. The van der Waals surface area contributed by atoms with E-state index in [0.29, 0.717) is 12.3 Å². The molecule has 0 bridgehead atoms. The molecule has 0 saturated carbocycles. The van der Waals surface area contributed by atoms with Gasteiger partial charge in [-0.3, -0.25) is 9.88 Å². The summed E-state index contributed by atoms with van der Waals surface area (Å²) in [6.07, 6.45) is 0. The summed E-state index contributed by atoms with van der Waals surface area (Å²) in [5.41, 5.74) is 4.34. The highest BCUT2D eigenvalue weighted by Crippen LogP contribution is 2.30. The molecular weight excluding hydrogens is 350 g/mol. The minimum atomic E-state index is 0.202. The molecule has 0 unspecified atom stereocenters. The molecule has 1 aromatic heterocycles. The van der Waals surface area contributed by atoms with Crippen molar-refractivity contribution < 1.29 is 10.2 Å². The third kappa shape index (κ3) is 5.14. The van der Waals surface area contributed by atoms with E-state index in [1.54, 1.807) is 18.2 Å². The van der Waals surface area contributed by atoms with Crippen LogP contribution in [-0.2, 0) is 6.54 Å². The number of aryl methyl sites for hydroxylation is 1. The van der Waals surface area contributed by atoms with E-state index in [9.17, 15) is 10.2 Å². The van der Waals surface area contributed by atoms with Gasteiger partial charge in [-0.1, -0.05) is 27.7 Å². The fraction of sp³-hybridized carbons (Fsp3) is 0.348. The number of phenolic OH excluding ortho intramolecular Hbond substituents is 2. The minimum absolute atomic E-state index is 0.202. The van der Waals surface area contributed by atoms with E-state index in [-0.39, 0.29) is 5.75 Å². The smallest absolute Gasteiger partial charge is 0.120 e. The van der Waals surface area contributed by atoms with Crippen LogP contribution in [-0.4, -0.2) is 33.2 Å². The van der Waals surface area contributed by atoms with Crippen molar-refractivity contribution >= 4 is 22.3 Å². The Morgan fingerprint density at radius 1 is 0.964 bits per heavy atom.